The van der Waals surface area contributed by atoms with Crippen molar-refractivity contribution < 1.29 is 67.5 Å². The molecule has 140 valence electrons. The van der Waals surface area contributed by atoms with Crippen LogP contribution < -0.4 is 0 Å². The van der Waals surface area contributed by atoms with E-state index in [-0.39, 0.29) is 0 Å². The number of carbonyl (C=O) groups excluding carboxylic acids is 1. The van der Waals surface area contributed by atoms with Gasteiger partial charge < -0.3 is 39.9 Å². The smallest absolute Gasteiger partial charge is 0.353 e. The van der Waals surface area contributed by atoms with Gasteiger partial charge in [0.05, 0.1) is 6.26 Å². The van der Waals surface area contributed by atoms with E-state index in [1.807, 2.05) is 0 Å². The molecule has 15 heteroatoms. The Bertz CT molecular complexity index is 561. The monoisotopic (exact) mass is 378 g/mol. The van der Waals surface area contributed by atoms with Crippen molar-refractivity contribution >= 4 is 34.0 Å². The first-order valence-corrected chi connectivity index (χ1v) is 7.27. The van der Waals surface area contributed by atoms with E-state index < -0.39 is 58.4 Å². The molecule has 24 heavy (non-hydrogen) atoms. The van der Waals surface area contributed by atoms with Crippen molar-refractivity contribution in [1.29, 1.82) is 0 Å². The maximum absolute atomic E-state index is 10.6. The molecule has 7 N–H and O–H groups in total. The van der Waals surface area contributed by atoms with Gasteiger partial charge in [-0.05, 0) is 0 Å². The molecule has 0 aromatic carbocycles. The largest absolute Gasteiger partial charge is 0.479 e. The molecule has 0 fully saturated rings. The number of carboxylic acid groups (broad SMARTS) is 3. The van der Waals surface area contributed by atoms with E-state index in [2.05, 4.69) is 4.18 Å². The van der Waals surface area contributed by atoms with Gasteiger partial charge in [0.1, 0.15) is 0 Å². The molecule has 4 atom stereocenters. The van der Waals surface area contributed by atoms with Gasteiger partial charge in [0.2, 0.25) is 0 Å². The van der Waals surface area contributed by atoms with Crippen LogP contribution in [0.4, 0.5) is 0 Å². The summed E-state index contributed by atoms with van der Waals surface area (Å²) in [5, 5.41) is 58.0. The van der Waals surface area contributed by atoms with Crippen molar-refractivity contribution in [2.24, 2.45) is 0 Å². The highest BCUT2D eigenvalue weighted by molar-refractivity contribution is 7.86. The first-order valence-electron chi connectivity index (χ1n) is 5.45. The number of carbonyl (C=O) groups is 4. The zero-order valence-electron chi connectivity index (χ0n) is 11.7. The van der Waals surface area contributed by atoms with Crippen molar-refractivity contribution in [3.05, 3.63) is 0 Å². The zero-order chi connectivity index (χ0) is 19.8. The molecule has 0 rings (SSSR count). The average molecular weight is 378 g/mol. The average Bonchev–Trinajstić information content (AvgIpc) is 2.42. The number of rotatable bonds is 7. The van der Waals surface area contributed by atoms with Crippen molar-refractivity contribution in [2.75, 3.05) is 6.26 Å². The Morgan fingerprint density at radius 2 is 0.958 bits per heavy atom. The summed E-state index contributed by atoms with van der Waals surface area (Å²) in [5.41, 5.74) is 0. The van der Waals surface area contributed by atoms with E-state index >= 15 is 0 Å². The molecule has 0 aromatic heterocycles. The standard InChI is InChI=1S/C5H8O8S.C4H6O6/c1-14(11,12)13-5(10)3(7)2(6)4(8)9;5-1(3(7)8)2(6)4(9)10/h2-3,6-7H,1H3,(H,8,9);1-2,5-6H,(H,7,8)(H,9,10). The number of aliphatic carboxylic acids is 3. The quantitative estimate of drug-likeness (QED) is 0.205. The Balaban J connectivity index is 0. The van der Waals surface area contributed by atoms with Crippen molar-refractivity contribution in [3.8, 4) is 0 Å². The maximum atomic E-state index is 10.6. The lowest BCUT2D eigenvalue weighted by Gasteiger charge is -2.11. The van der Waals surface area contributed by atoms with Gasteiger partial charge in [-0.25, -0.2) is 19.2 Å². The highest BCUT2D eigenvalue weighted by atomic mass is 32.2. The van der Waals surface area contributed by atoms with Crippen LogP contribution in [0, 0.1) is 0 Å². The normalized spacial score (nSPS) is 15.7. The molecule has 0 radical (unpaired) electrons. The minimum Gasteiger partial charge on any atom is -0.479 e. The molecule has 0 aliphatic heterocycles. The SMILES string of the molecule is CS(=O)(=O)OC(=O)C(O)C(O)C(=O)O.O=C(O)C(O)C(O)C(=O)O. The van der Waals surface area contributed by atoms with Crippen molar-refractivity contribution in [2.45, 2.75) is 24.4 Å². The van der Waals surface area contributed by atoms with Gasteiger partial charge in [0, 0.05) is 0 Å². The highest BCUT2D eigenvalue weighted by Crippen LogP contribution is 2.00. The van der Waals surface area contributed by atoms with Gasteiger partial charge in [-0.3, -0.25) is 0 Å². The lowest BCUT2D eigenvalue weighted by atomic mass is 10.2. The van der Waals surface area contributed by atoms with Crippen molar-refractivity contribution in [3.63, 3.8) is 0 Å². The molecule has 0 aromatic rings. The third kappa shape index (κ3) is 9.64. The summed E-state index contributed by atoms with van der Waals surface area (Å²) in [4.78, 5) is 40.2. The summed E-state index contributed by atoms with van der Waals surface area (Å²) in [6.07, 6.45) is -8.87. The summed E-state index contributed by atoms with van der Waals surface area (Å²) < 4.78 is 24.3. The van der Waals surface area contributed by atoms with Gasteiger partial charge >= 0.3 is 34.0 Å². The lowest BCUT2D eigenvalue weighted by Crippen LogP contribution is -2.41. The zero-order valence-corrected chi connectivity index (χ0v) is 12.5. The van der Waals surface area contributed by atoms with Crippen LogP contribution in [0.3, 0.4) is 0 Å². The summed E-state index contributed by atoms with van der Waals surface area (Å²) in [5.74, 6) is -7.16. The molecule has 14 nitrogen and oxygen atoms in total. The first kappa shape index (κ1) is 23.9. The van der Waals surface area contributed by atoms with Crippen LogP contribution in [-0.2, 0) is 33.5 Å². The molecule has 4 unspecified atom stereocenters. The molecule has 0 heterocycles. The minimum atomic E-state index is -4.14. The molecule has 0 aliphatic carbocycles. The van der Waals surface area contributed by atoms with Crippen LogP contribution in [0.5, 0.6) is 0 Å². The topological polar surface area (TPSA) is 253 Å². The van der Waals surface area contributed by atoms with Gasteiger partial charge in [0.15, 0.2) is 24.4 Å². The Labute approximate surface area is 133 Å². The van der Waals surface area contributed by atoms with E-state index in [0.29, 0.717) is 6.26 Å². The summed E-state index contributed by atoms with van der Waals surface area (Å²) in [6, 6.07) is 0. The third-order valence-electron chi connectivity index (χ3n) is 1.83. The van der Waals surface area contributed by atoms with Crippen LogP contribution in [0.1, 0.15) is 0 Å². The molecular formula is C9H14O14S. The second kappa shape index (κ2) is 9.73. The predicted molar refractivity (Wildman–Crippen MR) is 67.9 cm³/mol. The summed E-state index contributed by atoms with van der Waals surface area (Å²) in [7, 11) is -4.14. The highest BCUT2D eigenvalue weighted by Gasteiger charge is 2.33. The second-order valence-corrected chi connectivity index (χ2v) is 5.48. The van der Waals surface area contributed by atoms with Crippen LogP contribution in [0.2, 0.25) is 0 Å². The fourth-order valence-electron chi connectivity index (χ4n) is 0.733. The molecular weight excluding hydrogens is 364 g/mol. The fraction of sp³-hybridized carbons (Fsp3) is 0.556. The lowest BCUT2D eigenvalue weighted by molar-refractivity contribution is -0.165. The van der Waals surface area contributed by atoms with Crippen LogP contribution in [0.25, 0.3) is 0 Å². The predicted octanol–water partition coefficient (Wildman–Crippen LogP) is -4.83. The van der Waals surface area contributed by atoms with Gasteiger partial charge in [-0.2, -0.15) is 8.42 Å². The Morgan fingerprint density at radius 1 is 0.708 bits per heavy atom. The Hall–Kier alpha value is -2.33. The van der Waals surface area contributed by atoms with E-state index in [4.69, 9.17) is 35.7 Å². The second-order valence-electron chi connectivity index (χ2n) is 3.90. The summed E-state index contributed by atoms with van der Waals surface area (Å²) >= 11 is 0. The molecule has 0 saturated heterocycles. The summed E-state index contributed by atoms with van der Waals surface area (Å²) in [6.45, 7) is 0. The molecule has 0 spiro atoms. The minimum absolute atomic E-state index is 0.533. The third-order valence-corrected chi connectivity index (χ3v) is 2.30. The number of aliphatic hydroxyl groups excluding tert-OH is 4. The van der Waals surface area contributed by atoms with Gasteiger partial charge in [-0.15, -0.1) is 0 Å². The first-order chi connectivity index (χ1) is 10.6. The maximum Gasteiger partial charge on any atom is 0.353 e. The van der Waals surface area contributed by atoms with Gasteiger partial charge in [-0.1, -0.05) is 0 Å². The van der Waals surface area contributed by atoms with Crippen LogP contribution in [0.15, 0.2) is 0 Å². The van der Waals surface area contributed by atoms with Crippen LogP contribution in [-0.4, -0.2) is 98.7 Å². The van der Waals surface area contributed by atoms with E-state index in [9.17, 15) is 27.6 Å². The molecule has 0 bridgehead atoms. The number of hydrogen-bond acceptors (Lipinski definition) is 11. The van der Waals surface area contributed by atoms with Crippen molar-refractivity contribution in [1.82, 2.24) is 0 Å². The number of aliphatic hydroxyl groups is 4. The van der Waals surface area contributed by atoms with E-state index in [0.717, 1.165) is 0 Å². The molecule has 0 aliphatic rings. The van der Waals surface area contributed by atoms with Gasteiger partial charge in [0.25, 0.3) is 0 Å². The van der Waals surface area contributed by atoms with E-state index in [1.54, 1.807) is 0 Å². The molecule has 0 saturated carbocycles. The number of hydrogen-bond donors (Lipinski definition) is 7. The number of carboxylic acids is 3. The Kier molecular flexibility index (Phi) is 9.70. The fourth-order valence-corrected chi connectivity index (χ4v) is 1.13. The molecule has 0 amide bonds. The van der Waals surface area contributed by atoms with E-state index in [1.165, 1.54) is 0 Å². The van der Waals surface area contributed by atoms with Crippen LogP contribution >= 0.6 is 0 Å². The Morgan fingerprint density at radius 3 is 1.17 bits per heavy atom.